The van der Waals surface area contributed by atoms with Crippen LogP contribution in [-0.2, 0) is 12.8 Å². The summed E-state index contributed by atoms with van der Waals surface area (Å²) in [6.45, 7) is 0. The van der Waals surface area contributed by atoms with E-state index < -0.39 is 0 Å². The number of benzene rings is 2. The normalized spacial score (nSPS) is 10.9. The molecule has 0 aliphatic rings. The average Bonchev–Trinajstić information content (AvgIpc) is 2.50. The first kappa shape index (κ1) is 13.2. The van der Waals surface area contributed by atoms with E-state index in [1.807, 2.05) is 18.2 Å². The smallest absolute Gasteiger partial charge is 0.270 e. The van der Waals surface area contributed by atoms with Gasteiger partial charge in [-0.05, 0) is 48.2 Å². The first-order chi connectivity index (χ1) is 10.1. The second kappa shape index (κ2) is 5.28. The quantitative estimate of drug-likeness (QED) is 0.683. The van der Waals surface area contributed by atoms with Crippen molar-refractivity contribution in [2.45, 2.75) is 12.8 Å². The highest BCUT2D eigenvalue weighted by atomic mass is 16.3. The number of hydrogen-bond donors (Lipinski definition) is 3. The van der Waals surface area contributed by atoms with E-state index in [1.165, 1.54) is 0 Å². The predicted octanol–water partition coefficient (Wildman–Crippen LogP) is 1.71. The second-order valence-corrected chi connectivity index (χ2v) is 4.95. The van der Waals surface area contributed by atoms with Crippen LogP contribution in [0, 0.1) is 0 Å². The van der Waals surface area contributed by atoms with Crippen LogP contribution in [0.4, 0.5) is 0 Å². The molecule has 0 aliphatic carbocycles. The third kappa shape index (κ3) is 2.72. The molecule has 0 atom stereocenters. The fourth-order valence-corrected chi connectivity index (χ4v) is 2.33. The summed E-state index contributed by atoms with van der Waals surface area (Å²) in [4.78, 5) is 23.3. The minimum absolute atomic E-state index is 0.246. The highest BCUT2D eigenvalue weighted by Gasteiger charge is 2.04. The Morgan fingerprint density at radius 3 is 2.05 bits per heavy atom. The van der Waals surface area contributed by atoms with Gasteiger partial charge in [0.2, 0.25) is 0 Å². The Bertz CT molecular complexity index is 892. The Kier molecular flexibility index (Phi) is 3.31. The molecule has 0 fully saturated rings. The number of aromatic nitrogens is 2. The summed E-state index contributed by atoms with van der Waals surface area (Å²) >= 11 is 0. The highest BCUT2D eigenvalue weighted by molar-refractivity contribution is 5.81. The molecule has 1 aromatic heterocycles. The molecule has 0 saturated carbocycles. The van der Waals surface area contributed by atoms with Gasteiger partial charge in [0, 0.05) is 0 Å². The Morgan fingerprint density at radius 1 is 0.762 bits per heavy atom. The van der Waals surface area contributed by atoms with Gasteiger partial charge in [-0.2, -0.15) is 0 Å². The molecule has 0 bridgehead atoms. The maximum absolute atomic E-state index is 11.7. The fraction of sp³-hybridized carbons (Fsp3) is 0.125. The van der Waals surface area contributed by atoms with Crippen LogP contribution >= 0.6 is 0 Å². The number of phenolic OH excluding ortho intramolecular Hbond substituents is 1. The average molecular weight is 282 g/mol. The number of H-pyrrole nitrogens is 2. The molecule has 0 amide bonds. The minimum Gasteiger partial charge on any atom is -0.508 e. The molecule has 0 radical (unpaired) electrons. The molecule has 3 aromatic rings. The lowest BCUT2D eigenvalue weighted by atomic mass is 10.0. The molecule has 3 N–H and O–H groups in total. The Hall–Kier alpha value is -2.82. The van der Waals surface area contributed by atoms with E-state index in [-0.39, 0.29) is 16.9 Å². The summed E-state index contributed by atoms with van der Waals surface area (Å²) < 4.78 is 0. The number of fused-ring (bicyclic) bond motifs is 1. The molecule has 21 heavy (non-hydrogen) atoms. The topological polar surface area (TPSA) is 86.0 Å². The molecular weight excluding hydrogens is 268 g/mol. The number of nitrogens with one attached hydrogen (secondary N) is 2. The number of phenols is 1. The lowest BCUT2D eigenvalue weighted by Crippen LogP contribution is -2.18. The van der Waals surface area contributed by atoms with Crippen LogP contribution in [0.25, 0.3) is 10.8 Å². The van der Waals surface area contributed by atoms with E-state index in [4.69, 9.17) is 0 Å². The molecule has 1 heterocycles. The van der Waals surface area contributed by atoms with Crippen molar-refractivity contribution in [2.75, 3.05) is 0 Å². The van der Waals surface area contributed by atoms with Crippen molar-refractivity contribution in [1.82, 2.24) is 10.2 Å². The fourth-order valence-electron chi connectivity index (χ4n) is 2.33. The van der Waals surface area contributed by atoms with Gasteiger partial charge in [-0.15, -0.1) is 0 Å². The SMILES string of the molecule is O=c1[nH][nH]c(=O)c2cc(CCc3ccc(O)cc3)ccc12. The van der Waals surface area contributed by atoms with Crippen molar-refractivity contribution in [3.05, 3.63) is 74.3 Å². The molecule has 2 aromatic carbocycles. The van der Waals surface area contributed by atoms with E-state index in [9.17, 15) is 14.7 Å². The zero-order valence-corrected chi connectivity index (χ0v) is 11.2. The molecule has 0 unspecified atom stereocenters. The van der Waals surface area contributed by atoms with Crippen LogP contribution in [0.3, 0.4) is 0 Å². The maximum atomic E-state index is 11.7. The first-order valence-corrected chi connectivity index (χ1v) is 6.65. The predicted molar refractivity (Wildman–Crippen MR) is 80.7 cm³/mol. The molecule has 5 heteroatoms. The maximum Gasteiger partial charge on any atom is 0.270 e. The summed E-state index contributed by atoms with van der Waals surface area (Å²) in [5.41, 5.74) is 1.50. The van der Waals surface area contributed by atoms with Crippen LogP contribution in [0.15, 0.2) is 52.1 Å². The van der Waals surface area contributed by atoms with E-state index >= 15 is 0 Å². The molecule has 0 saturated heterocycles. The zero-order chi connectivity index (χ0) is 14.8. The third-order valence-corrected chi connectivity index (χ3v) is 3.50. The van der Waals surface area contributed by atoms with Gasteiger partial charge in [0.25, 0.3) is 11.1 Å². The van der Waals surface area contributed by atoms with E-state index in [0.717, 1.165) is 24.0 Å². The van der Waals surface area contributed by atoms with Crippen LogP contribution in [0.2, 0.25) is 0 Å². The number of hydrogen-bond acceptors (Lipinski definition) is 3. The van der Waals surface area contributed by atoms with Gasteiger partial charge in [0.15, 0.2) is 0 Å². The van der Waals surface area contributed by atoms with Gasteiger partial charge in [0.05, 0.1) is 10.8 Å². The third-order valence-electron chi connectivity index (χ3n) is 3.50. The largest absolute Gasteiger partial charge is 0.508 e. The molecule has 106 valence electrons. The minimum atomic E-state index is -0.297. The van der Waals surface area contributed by atoms with Crippen LogP contribution in [0.1, 0.15) is 11.1 Å². The molecule has 0 aliphatic heterocycles. The van der Waals surface area contributed by atoms with E-state index in [2.05, 4.69) is 10.2 Å². The molecule has 3 rings (SSSR count). The number of aromatic amines is 2. The van der Waals surface area contributed by atoms with Gasteiger partial charge in [0.1, 0.15) is 5.75 Å². The first-order valence-electron chi connectivity index (χ1n) is 6.65. The van der Waals surface area contributed by atoms with Gasteiger partial charge < -0.3 is 5.11 Å². The Balaban J connectivity index is 1.88. The van der Waals surface area contributed by atoms with Gasteiger partial charge >= 0.3 is 0 Å². The van der Waals surface area contributed by atoms with Crippen molar-refractivity contribution in [3.8, 4) is 5.75 Å². The van der Waals surface area contributed by atoms with E-state index in [1.54, 1.807) is 24.3 Å². The lowest BCUT2D eigenvalue weighted by molar-refractivity contribution is 0.475. The van der Waals surface area contributed by atoms with Crippen molar-refractivity contribution in [1.29, 1.82) is 0 Å². The van der Waals surface area contributed by atoms with Crippen molar-refractivity contribution >= 4 is 10.8 Å². The highest BCUT2D eigenvalue weighted by Crippen LogP contribution is 2.14. The number of rotatable bonds is 3. The summed E-state index contributed by atoms with van der Waals surface area (Å²) in [7, 11) is 0. The van der Waals surface area contributed by atoms with E-state index in [0.29, 0.717) is 10.8 Å². The lowest BCUT2D eigenvalue weighted by Gasteiger charge is -2.04. The van der Waals surface area contributed by atoms with Crippen molar-refractivity contribution < 1.29 is 5.11 Å². The van der Waals surface area contributed by atoms with Gasteiger partial charge in [-0.1, -0.05) is 18.2 Å². The van der Waals surface area contributed by atoms with Gasteiger partial charge in [-0.3, -0.25) is 19.8 Å². The summed E-state index contributed by atoms with van der Waals surface area (Å²) in [6.07, 6.45) is 1.56. The van der Waals surface area contributed by atoms with Crippen molar-refractivity contribution in [3.63, 3.8) is 0 Å². The molecule has 0 spiro atoms. The van der Waals surface area contributed by atoms with Crippen LogP contribution < -0.4 is 11.1 Å². The zero-order valence-electron chi connectivity index (χ0n) is 11.2. The molecule has 5 nitrogen and oxygen atoms in total. The van der Waals surface area contributed by atoms with Crippen LogP contribution in [-0.4, -0.2) is 15.3 Å². The number of aryl methyl sites for hydroxylation is 2. The van der Waals surface area contributed by atoms with Gasteiger partial charge in [-0.25, -0.2) is 0 Å². The summed E-state index contributed by atoms with van der Waals surface area (Å²) in [5.74, 6) is 0.246. The molecular formula is C16H14N2O3. The monoisotopic (exact) mass is 282 g/mol. The number of aromatic hydroxyl groups is 1. The summed E-state index contributed by atoms with van der Waals surface area (Å²) in [5, 5.41) is 14.7. The van der Waals surface area contributed by atoms with Crippen LogP contribution in [0.5, 0.6) is 5.75 Å². The summed E-state index contributed by atoms with van der Waals surface area (Å²) in [6, 6.07) is 12.3. The second-order valence-electron chi connectivity index (χ2n) is 4.95. The van der Waals surface area contributed by atoms with Crippen molar-refractivity contribution in [2.24, 2.45) is 0 Å². The Labute approximate surface area is 119 Å². The standard InChI is InChI=1S/C16H14N2O3/c19-12-6-3-10(4-7-12)1-2-11-5-8-13-14(9-11)16(21)18-17-15(13)20/h3-9,19H,1-2H2,(H,17,20)(H,18,21). The Morgan fingerprint density at radius 2 is 1.33 bits per heavy atom.